The molecule has 2 N–H and O–H groups in total. The summed E-state index contributed by atoms with van der Waals surface area (Å²) in [7, 11) is 0. The van der Waals surface area contributed by atoms with Gasteiger partial charge in [-0.3, -0.25) is 4.57 Å². The normalized spacial score (nSPS) is 12.2. The Morgan fingerprint density at radius 1 is 0.757 bits per heavy atom. The predicted molar refractivity (Wildman–Crippen MR) is 157 cm³/mol. The van der Waals surface area contributed by atoms with Crippen molar-refractivity contribution in [3.63, 3.8) is 0 Å². The second-order valence-electron chi connectivity index (χ2n) is 10.4. The van der Waals surface area contributed by atoms with Gasteiger partial charge in [0.15, 0.2) is 0 Å². The third kappa shape index (κ3) is 9.21. The standard InChI is InChI=1S/C32H47N3O2/c1-3-5-6-7-8-9-10-11-12-13-14-15-19-27(18-4-2)35-31(33-26-22-24-28(36)25-23-26)29-20-16-17-21-30(29)34-32(35)37/h16-17,20-25,27,33,36H,3-15,18-19H2,1-2H3. The summed E-state index contributed by atoms with van der Waals surface area (Å²) < 4.78 is 1.89. The van der Waals surface area contributed by atoms with Gasteiger partial charge in [-0.2, -0.15) is 4.98 Å². The molecule has 0 fully saturated rings. The Hall–Kier alpha value is -2.82. The molecule has 37 heavy (non-hydrogen) atoms. The van der Waals surface area contributed by atoms with Crippen LogP contribution in [0.5, 0.6) is 5.75 Å². The maximum absolute atomic E-state index is 13.3. The molecule has 3 rings (SSSR count). The Kier molecular flexibility index (Phi) is 12.5. The molecule has 0 saturated heterocycles. The summed E-state index contributed by atoms with van der Waals surface area (Å²) in [5.41, 5.74) is 1.34. The third-order valence-corrected chi connectivity index (χ3v) is 7.33. The first-order valence-corrected chi connectivity index (χ1v) is 14.7. The number of aromatic nitrogens is 2. The van der Waals surface area contributed by atoms with Crippen LogP contribution in [0.15, 0.2) is 53.3 Å². The first kappa shape index (κ1) is 28.7. The third-order valence-electron chi connectivity index (χ3n) is 7.33. The minimum atomic E-state index is -0.197. The van der Waals surface area contributed by atoms with Gasteiger partial charge in [-0.05, 0) is 49.2 Å². The number of benzene rings is 2. The molecule has 0 bridgehead atoms. The number of nitrogens with zero attached hydrogens (tertiary/aromatic N) is 2. The second-order valence-corrected chi connectivity index (χ2v) is 10.4. The summed E-state index contributed by atoms with van der Waals surface area (Å²) in [6.45, 7) is 4.46. The average molecular weight is 506 g/mol. The zero-order valence-electron chi connectivity index (χ0n) is 23.1. The van der Waals surface area contributed by atoms with Crippen LogP contribution in [0, 0.1) is 0 Å². The van der Waals surface area contributed by atoms with E-state index >= 15 is 0 Å². The van der Waals surface area contributed by atoms with Crippen LogP contribution in [-0.4, -0.2) is 14.7 Å². The Morgan fingerprint density at radius 3 is 1.97 bits per heavy atom. The molecule has 0 spiro atoms. The van der Waals surface area contributed by atoms with Crippen LogP contribution in [0.1, 0.15) is 116 Å². The molecule has 2 aromatic carbocycles. The Bertz CT molecular complexity index is 1110. The smallest absolute Gasteiger partial charge is 0.349 e. The number of rotatable bonds is 18. The van der Waals surface area contributed by atoms with Crippen molar-refractivity contribution in [3.05, 3.63) is 59.0 Å². The van der Waals surface area contributed by atoms with Crippen molar-refractivity contribution in [1.82, 2.24) is 9.55 Å². The number of para-hydroxylation sites is 1. The summed E-state index contributed by atoms with van der Waals surface area (Å²) >= 11 is 0. The van der Waals surface area contributed by atoms with Gasteiger partial charge in [0, 0.05) is 17.1 Å². The van der Waals surface area contributed by atoms with E-state index in [0.717, 1.165) is 42.6 Å². The van der Waals surface area contributed by atoms with E-state index in [9.17, 15) is 9.90 Å². The van der Waals surface area contributed by atoms with E-state index in [-0.39, 0.29) is 17.5 Å². The zero-order valence-corrected chi connectivity index (χ0v) is 23.1. The number of hydrogen-bond donors (Lipinski definition) is 2. The van der Waals surface area contributed by atoms with Gasteiger partial charge in [0.25, 0.3) is 0 Å². The lowest BCUT2D eigenvalue weighted by molar-refractivity contribution is 0.400. The highest BCUT2D eigenvalue weighted by molar-refractivity contribution is 5.90. The summed E-state index contributed by atoms with van der Waals surface area (Å²) in [6, 6.07) is 14.9. The summed E-state index contributed by atoms with van der Waals surface area (Å²) in [5, 5.41) is 14.1. The molecule has 0 radical (unpaired) electrons. The van der Waals surface area contributed by atoms with Crippen molar-refractivity contribution in [1.29, 1.82) is 0 Å². The van der Waals surface area contributed by atoms with E-state index in [1.807, 2.05) is 41.0 Å². The molecule has 1 unspecified atom stereocenters. The summed E-state index contributed by atoms with van der Waals surface area (Å²) in [5.74, 6) is 1.01. The van der Waals surface area contributed by atoms with Crippen molar-refractivity contribution < 1.29 is 5.11 Å². The molecule has 0 aliphatic heterocycles. The topological polar surface area (TPSA) is 67.2 Å². The van der Waals surface area contributed by atoms with Gasteiger partial charge >= 0.3 is 5.69 Å². The van der Waals surface area contributed by atoms with Crippen LogP contribution in [0.25, 0.3) is 10.9 Å². The predicted octanol–water partition coefficient (Wildman–Crippen LogP) is 9.28. The minimum absolute atomic E-state index is 0.109. The molecule has 1 aromatic heterocycles. The molecule has 5 heteroatoms. The van der Waals surface area contributed by atoms with Crippen LogP contribution in [0.4, 0.5) is 11.5 Å². The monoisotopic (exact) mass is 505 g/mol. The van der Waals surface area contributed by atoms with Gasteiger partial charge in [0.1, 0.15) is 11.6 Å². The van der Waals surface area contributed by atoms with Crippen molar-refractivity contribution in [2.24, 2.45) is 0 Å². The SMILES string of the molecule is CCCCCCCCCCCCCCC(CCC)n1c(Nc2ccc(O)cc2)c2ccccc2nc1=O. The maximum atomic E-state index is 13.3. The van der Waals surface area contributed by atoms with Crippen molar-refractivity contribution in [2.75, 3.05) is 5.32 Å². The van der Waals surface area contributed by atoms with E-state index in [1.165, 1.54) is 70.6 Å². The number of anilines is 2. The molecule has 1 atom stereocenters. The van der Waals surface area contributed by atoms with Crippen LogP contribution in [-0.2, 0) is 0 Å². The summed E-state index contributed by atoms with van der Waals surface area (Å²) in [4.78, 5) is 17.7. The van der Waals surface area contributed by atoms with Gasteiger partial charge in [0.05, 0.1) is 5.52 Å². The average Bonchev–Trinajstić information content (AvgIpc) is 2.90. The molecule has 0 aliphatic carbocycles. The Balaban J connectivity index is 1.61. The van der Waals surface area contributed by atoms with E-state index in [2.05, 4.69) is 24.1 Å². The zero-order chi connectivity index (χ0) is 26.3. The number of nitrogens with one attached hydrogen (secondary N) is 1. The fourth-order valence-corrected chi connectivity index (χ4v) is 5.26. The van der Waals surface area contributed by atoms with E-state index in [1.54, 1.807) is 12.1 Å². The Labute approximate surface area is 223 Å². The van der Waals surface area contributed by atoms with Crippen LogP contribution >= 0.6 is 0 Å². The molecule has 1 heterocycles. The number of hydrogen-bond acceptors (Lipinski definition) is 4. The Morgan fingerprint density at radius 2 is 1.35 bits per heavy atom. The molecule has 202 valence electrons. The van der Waals surface area contributed by atoms with Gasteiger partial charge < -0.3 is 10.4 Å². The van der Waals surface area contributed by atoms with Gasteiger partial charge in [0.2, 0.25) is 0 Å². The first-order chi connectivity index (χ1) is 18.1. The number of phenolic OH excluding ortho intramolecular Hbond substituents is 1. The molecule has 3 aromatic rings. The summed E-state index contributed by atoms with van der Waals surface area (Å²) in [6.07, 6.45) is 18.9. The fraction of sp³-hybridized carbons (Fsp3) is 0.562. The highest BCUT2D eigenvalue weighted by atomic mass is 16.3. The van der Waals surface area contributed by atoms with Crippen LogP contribution < -0.4 is 11.0 Å². The molecule has 0 saturated carbocycles. The van der Waals surface area contributed by atoms with Gasteiger partial charge in [-0.1, -0.05) is 109 Å². The highest BCUT2D eigenvalue weighted by Crippen LogP contribution is 2.31. The number of aromatic hydroxyl groups is 1. The molecule has 0 amide bonds. The number of phenols is 1. The molecule has 0 aliphatic rings. The maximum Gasteiger partial charge on any atom is 0.349 e. The molecule has 5 nitrogen and oxygen atoms in total. The van der Waals surface area contributed by atoms with E-state index in [0.29, 0.717) is 5.52 Å². The lowest BCUT2D eigenvalue weighted by Gasteiger charge is -2.24. The lowest BCUT2D eigenvalue weighted by atomic mass is 10.0. The van der Waals surface area contributed by atoms with Crippen LogP contribution in [0.2, 0.25) is 0 Å². The second kappa shape index (κ2) is 16.1. The van der Waals surface area contributed by atoms with Crippen molar-refractivity contribution >= 4 is 22.4 Å². The minimum Gasteiger partial charge on any atom is -0.508 e. The highest BCUT2D eigenvalue weighted by Gasteiger charge is 2.19. The van der Waals surface area contributed by atoms with E-state index < -0.39 is 0 Å². The number of unbranched alkanes of at least 4 members (excludes halogenated alkanes) is 11. The lowest BCUT2D eigenvalue weighted by Crippen LogP contribution is -2.29. The quantitative estimate of drug-likeness (QED) is 0.133. The van der Waals surface area contributed by atoms with Crippen molar-refractivity contribution in [2.45, 2.75) is 116 Å². The molecular weight excluding hydrogens is 458 g/mol. The van der Waals surface area contributed by atoms with Crippen molar-refractivity contribution in [3.8, 4) is 5.75 Å². The van der Waals surface area contributed by atoms with Gasteiger partial charge in [-0.15, -0.1) is 0 Å². The number of fused-ring (bicyclic) bond motifs is 1. The van der Waals surface area contributed by atoms with Gasteiger partial charge in [-0.25, -0.2) is 4.79 Å². The first-order valence-electron chi connectivity index (χ1n) is 14.7. The fourth-order valence-electron chi connectivity index (χ4n) is 5.26. The largest absolute Gasteiger partial charge is 0.508 e. The van der Waals surface area contributed by atoms with E-state index in [4.69, 9.17) is 0 Å². The van der Waals surface area contributed by atoms with Crippen LogP contribution in [0.3, 0.4) is 0 Å². The molecular formula is C32H47N3O2.